The van der Waals surface area contributed by atoms with E-state index in [0.717, 1.165) is 32.4 Å². The minimum atomic E-state index is 0.339. The summed E-state index contributed by atoms with van der Waals surface area (Å²) in [6, 6.07) is 0. The second-order valence-electron chi connectivity index (χ2n) is 5.09. The second kappa shape index (κ2) is 16.9. The Bertz CT molecular complexity index is 126. The molecule has 0 amide bonds. The molecule has 0 unspecified atom stereocenters. The van der Waals surface area contributed by atoms with Gasteiger partial charge in [0.15, 0.2) is 0 Å². The lowest BCUT2D eigenvalue weighted by Gasteiger charge is -2.04. The van der Waals surface area contributed by atoms with Gasteiger partial charge in [-0.1, -0.05) is 44.9 Å². The fourth-order valence-electron chi connectivity index (χ4n) is 2.09. The summed E-state index contributed by atoms with van der Waals surface area (Å²) in [5, 5.41) is 20.7. The number of nitrogens with one attached hydrogen (secondary N) is 1. The maximum Gasteiger partial charge on any atom is 0.0431 e. The Kier molecular flexibility index (Phi) is 16.8. The molecule has 0 bridgehead atoms. The molecule has 18 heavy (non-hydrogen) atoms. The molecule has 0 aromatic carbocycles. The van der Waals surface area contributed by atoms with Crippen molar-refractivity contribution in [2.75, 3.05) is 26.3 Å². The van der Waals surface area contributed by atoms with Gasteiger partial charge in [0, 0.05) is 13.2 Å². The highest BCUT2D eigenvalue weighted by atomic mass is 16.3. The minimum Gasteiger partial charge on any atom is -0.396 e. The molecule has 0 fully saturated rings. The Balaban J connectivity index is 2.86. The smallest absolute Gasteiger partial charge is 0.0431 e. The Morgan fingerprint density at radius 2 is 0.778 bits per heavy atom. The Morgan fingerprint density at radius 3 is 1.17 bits per heavy atom. The van der Waals surface area contributed by atoms with Gasteiger partial charge in [-0.15, -0.1) is 0 Å². The number of hydrogen-bond donors (Lipinski definition) is 3. The number of rotatable bonds is 15. The van der Waals surface area contributed by atoms with Crippen molar-refractivity contribution < 1.29 is 10.2 Å². The topological polar surface area (TPSA) is 52.5 Å². The predicted molar refractivity (Wildman–Crippen MR) is 77.8 cm³/mol. The molecule has 0 aliphatic heterocycles. The summed E-state index contributed by atoms with van der Waals surface area (Å²) >= 11 is 0. The van der Waals surface area contributed by atoms with Crippen LogP contribution < -0.4 is 5.32 Å². The third-order valence-electron chi connectivity index (χ3n) is 3.27. The Labute approximate surface area is 113 Å². The van der Waals surface area contributed by atoms with E-state index in [1.165, 1.54) is 51.4 Å². The highest BCUT2D eigenvalue weighted by Crippen LogP contribution is 2.06. The van der Waals surface area contributed by atoms with Crippen LogP contribution in [0.5, 0.6) is 0 Å². The first-order valence-electron chi connectivity index (χ1n) is 7.84. The first-order valence-corrected chi connectivity index (χ1v) is 7.84. The first-order chi connectivity index (χ1) is 8.91. The van der Waals surface area contributed by atoms with Crippen molar-refractivity contribution >= 4 is 0 Å². The van der Waals surface area contributed by atoms with Crippen molar-refractivity contribution in [1.29, 1.82) is 0 Å². The van der Waals surface area contributed by atoms with Gasteiger partial charge in [-0.05, 0) is 38.8 Å². The second-order valence-corrected chi connectivity index (χ2v) is 5.09. The van der Waals surface area contributed by atoms with Crippen molar-refractivity contribution in [2.24, 2.45) is 0 Å². The van der Waals surface area contributed by atoms with Crippen molar-refractivity contribution in [3.8, 4) is 0 Å². The van der Waals surface area contributed by atoms with Gasteiger partial charge in [0.2, 0.25) is 0 Å². The van der Waals surface area contributed by atoms with Crippen LogP contribution in [0.25, 0.3) is 0 Å². The normalized spacial score (nSPS) is 11.0. The third-order valence-corrected chi connectivity index (χ3v) is 3.27. The molecule has 0 radical (unpaired) electrons. The van der Waals surface area contributed by atoms with Crippen LogP contribution in [0.3, 0.4) is 0 Å². The van der Waals surface area contributed by atoms with Crippen molar-refractivity contribution in [1.82, 2.24) is 5.32 Å². The molecule has 3 nitrogen and oxygen atoms in total. The molecule has 0 aliphatic carbocycles. The lowest BCUT2D eigenvalue weighted by Crippen LogP contribution is -2.16. The van der Waals surface area contributed by atoms with Crippen molar-refractivity contribution in [3.05, 3.63) is 0 Å². The fraction of sp³-hybridized carbons (Fsp3) is 1.00. The van der Waals surface area contributed by atoms with Crippen molar-refractivity contribution in [3.63, 3.8) is 0 Å². The molecule has 0 aliphatic rings. The summed E-state index contributed by atoms with van der Waals surface area (Å²) in [6.07, 6.45) is 13.3. The highest BCUT2D eigenvalue weighted by Gasteiger charge is 1.92. The predicted octanol–water partition coefficient (Wildman–Crippen LogP) is 2.85. The number of unbranched alkanes of at least 4 members (excludes halogenated alkanes) is 9. The van der Waals surface area contributed by atoms with Gasteiger partial charge in [-0.3, -0.25) is 0 Å². The van der Waals surface area contributed by atoms with E-state index < -0.39 is 0 Å². The van der Waals surface area contributed by atoms with E-state index >= 15 is 0 Å². The van der Waals surface area contributed by atoms with E-state index in [1.807, 2.05) is 0 Å². The van der Waals surface area contributed by atoms with Crippen LogP contribution in [0, 0.1) is 0 Å². The summed E-state index contributed by atoms with van der Waals surface area (Å²) in [5.41, 5.74) is 0. The molecule has 0 aromatic rings. The van der Waals surface area contributed by atoms with Gasteiger partial charge in [-0.2, -0.15) is 0 Å². The van der Waals surface area contributed by atoms with E-state index in [2.05, 4.69) is 5.32 Å². The van der Waals surface area contributed by atoms with Gasteiger partial charge in [0.1, 0.15) is 0 Å². The molecule has 0 spiro atoms. The summed E-state index contributed by atoms with van der Waals surface area (Å²) in [7, 11) is 0. The standard InChI is InChI=1S/C15H33NO2/c17-14-10-6-3-1-2-4-8-12-16-13-9-5-7-11-15-18/h16-18H,1-15H2. The van der Waals surface area contributed by atoms with E-state index in [-0.39, 0.29) is 0 Å². The summed E-state index contributed by atoms with van der Waals surface area (Å²) in [6.45, 7) is 2.96. The van der Waals surface area contributed by atoms with Gasteiger partial charge < -0.3 is 15.5 Å². The molecule has 0 heterocycles. The third kappa shape index (κ3) is 15.9. The number of hydrogen-bond acceptors (Lipinski definition) is 3. The largest absolute Gasteiger partial charge is 0.396 e. The molecule has 0 atom stereocenters. The summed E-state index contributed by atoms with van der Waals surface area (Å²) in [4.78, 5) is 0. The van der Waals surface area contributed by atoms with Crippen LogP contribution >= 0.6 is 0 Å². The molecule has 3 heteroatoms. The van der Waals surface area contributed by atoms with Crippen LogP contribution in [0.4, 0.5) is 0 Å². The highest BCUT2D eigenvalue weighted by molar-refractivity contribution is 4.51. The SMILES string of the molecule is OCCCCCCCCCNCCCCCCO. The van der Waals surface area contributed by atoms with Crippen molar-refractivity contribution in [2.45, 2.75) is 70.6 Å². The van der Waals surface area contributed by atoms with Crippen LogP contribution in [0.2, 0.25) is 0 Å². The maximum atomic E-state index is 8.64. The van der Waals surface area contributed by atoms with Crippen LogP contribution in [-0.4, -0.2) is 36.5 Å². The molecule has 0 rings (SSSR count). The van der Waals surface area contributed by atoms with Crippen LogP contribution in [-0.2, 0) is 0 Å². The lowest BCUT2D eigenvalue weighted by molar-refractivity contribution is 0.282. The first kappa shape index (κ1) is 17.9. The number of aliphatic hydroxyl groups is 2. The average molecular weight is 259 g/mol. The van der Waals surface area contributed by atoms with Crippen LogP contribution in [0.1, 0.15) is 70.6 Å². The van der Waals surface area contributed by atoms with E-state index in [0.29, 0.717) is 13.2 Å². The summed E-state index contributed by atoms with van der Waals surface area (Å²) in [5.74, 6) is 0. The zero-order chi connectivity index (χ0) is 13.3. The molecule has 110 valence electrons. The minimum absolute atomic E-state index is 0.339. The molecule has 3 N–H and O–H groups in total. The van der Waals surface area contributed by atoms with E-state index in [1.54, 1.807) is 0 Å². The Morgan fingerprint density at radius 1 is 0.444 bits per heavy atom. The average Bonchev–Trinajstić information content (AvgIpc) is 2.39. The molecular weight excluding hydrogens is 226 g/mol. The van der Waals surface area contributed by atoms with Gasteiger partial charge in [0.25, 0.3) is 0 Å². The zero-order valence-corrected chi connectivity index (χ0v) is 12.0. The lowest BCUT2D eigenvalue weighted by atomic mass is 10.1. The maximum absolute atomic E-state index is 8.64. The molecule has 0 aromatic heterocycles. The Hall–Kier alpha value is -0.120. The monoisotopic (exact) mass is 259 g/mol. The number of aliphatic hydroxyl groups excluding tert-OH is 2. The fourth-order valence-corrected chi connectivity index (χ4v) is 2.09. The zero-order valence-electron chi connectivity index (χ0n) is 12.0. The van der Waals surface area contributed by atoms with E-state index in [4.69, 9.17) is 10.2 Å². The van der Waals surface area contributed by atoms with Crippen LogP contribution in [0.15, 0.2) is 0 Å². The molecular formula is C15H33NO2. The van der Waals surface area contributed by atoms with E-state index in [9.17, 15) is 0 Å². The van der Waals surface area contributed by atoms with Gasteiger partial charge in [-0.25, -0.2) is 0 Å². The quantitative estimate of drug-likeness (QED) is 0.396. The molecule has 0 saturated carbocycles. The summed E-state index contributed by atoms with van der Waals surface area (Å²) < 4.78 is 0. The van der Waals surface area contributed by atoms with Gasteiger partial charge >= 0.3 is 0 Å². The molecule has 0 saturated heterocycles. The van der Waals surface area contributed by atoms with Gasteiger partial charge in [0.05, 0.1) is 0 Å².